The predicted octanol–water partition coefficient (Wildman–Crippen LogP) is 4.42. The van der Waals surface area contributed by atoms with Crippen LogP contribution in [0.25, 0.3) is 0 Å². The molecule has 1 aromatic heterocycles. The molecule has 1 atom stereocenters. The lowest BCUT2D eigenvalue weighted by atomic mass is 9.83. The molecule has 0 aliphatic carbocycles. The van der Waals surface area contributed by atoms with Gasteiger partial charge in [-0.3, -0.25) is 9.52 Å². The number of nitrogens with one attached hydrogen (secondary N) is 2. The van der Waals surface area contributed by atoms with Crippen molar-refractivity contribution >= 4 is 33.0 Å². The number of oxime groups is 1. The SMILES string of the molecule is Cc1cc(Cl)ccc1C(C/C(=N\O)c1c[nH]c(=O)c(C)c1)c1ccc(NS(C)(=O)=O)cc1. The molecule has 0 spiro atoms. The van der Waals surface area contributed by atoms with E-state index in [2.05, 4.69) is 14.9 Å². The maximum Gasteiger partial charge on any atom is 0.250 e. The third kappa shape index (κ3) is 5.77. The summed E-state index contributed by atoms with van der Waals surface area (Å²) in [4.78, 5) is 14.4. The summed E-state index contributed by atoms with van der Waals surface area (Å²) >= 11 is 6.15. The van der Waals surface area contributed by atoms with Gasteiger partial charge in [-0.15, -0.1) is 0 Å². The highest BCUT2D eigenvalue weighted by atomic mass is 35.5. The minimum Gasteiger partial charge on any atom is -0.411 e. The van der Waals surface area contributed by atoms with Crippen molar-refractivity contribution < 1.29 is 13.6 Å². The van der Waals surface area contributed by atoms with Crippen LogP contribution < -0.4 is 10.3 Å². The van der Waals surface area contributed by atoms with Gasteiger partial charge in [0, 0.05) is 40.4 Å². The zero-order valence-corrected chi connectivity index (χ0v) is 19.5. The van der Waals surface area contributed by atoms with Crippen LogP contribution in [0.3, 0.4) is 0 Å². The first-order valence-electron chi connectivity index (χ1n) is 9.82. The molecule has 3 N–H and O–H groups in total. The Morgan fingerprint density at radius 1 is 1.12 bits per heavy atom. The lowest BCUT2D eigenvalue weighted by molar-refractivity contribution is 0.317. The van der Waals surface area contributed by atoms with Gasteiger partial charge in [-0.1, -0.05) is 35.0 Å². The van der Waals surface area contributed by atoms with Gasteiger partial charge in [-0.05, 0) is 60.9 Å². The lowest BCUT2D eigenvalue weighted by Crippen LogP contribution is -2.15. The molecule has 1 unspecified atom stereocenters. The molecule has 0 saturated heterocycles. The standard InChI is InChI=1S/C23H24ClN3O4S/c1-14-11-18(24)6-9-20(14)21(16-4-7-19(8-5-16)27-32(3,30)31)12-22(26-29)17-10-15(2)23(28)25-13-17/h4-11,13,21,27,29H,12H2,1-3H3,(H,25,28)/b26-22+. The van der Waals surface area contributed by atoms with Gasteiger partial charge in [0.2, 0.25) is 10.0 Å². The smallest absolute Gasteiger partial charge is 0.250 e. The number of anilines is 1. The molecule has 1 heterocycles. The minimum absolute atomic E-state index is 0.204. The Labute approximate surface area is 191 Å². The zero-order valence-electron chi connectivity index (χ0n) is 17.9. The molecule has 0 amide bonds. The van der Waals surface area contributed by atoms with Crippen LogP contribution in [0.2, 0.25) is 5.02 Å². The Bertz CT molecular complexity index is 1320. The Balaban J connectivity index is 2.04. The number of H-pyrrole nitrogens is 1. The van der Waals surface area contributed by atoms with Crippen molar-refractivity contribution in [3.8, 4) is 0 Å². The number of benzene rings is 2. The summed E-state index contributed by atoms with van der Waals surface area (Å²) in [5.74, 6) is -0.210. The van der Waals surface area contributed by atoms with E-state index in [-0.39, 0.29) is 11.5 Å². The second kappa shape index (κ2) is 9.58. The number of sulfonamides is 1. The van der Waals surface area contributed by atoms with Crippen LogP contribution in [0.1, 0.15) is 40.2 Å². The van der Waals surface area contributed by atoms with Gasteiger partial charge in [-0.25, -0.2) is 8.42 Å². The van der Waals surface area contributed by atoms with Gasteiger partial charge in [0.25, 0.3) is 5.56 Å². The average Bonchev–Trinajstić information content (AvgIpc) is 2.71. The summed E-state index contributed by atoms with van der Waals surface area (Å²) in [6.45, 7) is 3.64. The molecular weight excluding hydrogens is 450 g/mol. The molecular formula is C23H24ClN3O4S. The summed E-state index contributed by atoms with van der Waals surface area (Å²) in [6.07, 6.45) is 2.95. The predicted molar refractivity (Wildman–Crippen MR) is 128 cm³/mol. The van der Waals surface area contributed by atoms with E-state index in [1.165, 1.54) is 6.20 Å². The summed E-state index contributed by atoms with van der Waals surface area (Å²) < 4.78 is 25.5. The summed E-state index contributed by atoms with van der Waals surface area (Å²) in [7, 11) is -3.39. The molecule has 0 radical (unpaired) electrons. The van der Waals surface area contributed by atoms with E-state index in [0.29, 0.717) is 34.0 Å². The Kier molecular flexibility index (Phi) is 7.06. The highest BCUT2D eigenvalue weighted by Gasteiger charge is 2.21. The number of aromatic nitrogens is 1. The molecule has 9 heteroatoms. The van der Waals surface area contributed by atoms with Gasteiger partial charge >= 0.3 is 0 Å². The third-order valence-electron chi connectivity index (χ3n) is 5.16. The van der Waals surface area contributed by atoms with E-state index in [4.69, 9.17) is 11.6 Å². The lowest BCUT2D eigenvalue weighted by Gasteiger charge is -2.21. The van der Waals surface area contributed by atoms with Crippen LogP contribution >= 0.6 is 11.6 Å². The molecule has 168 valence electrons. The van der Waals surface area contributed by atoms with Crippen LogP contribution in [0.5, 0.6) is 0 Å². The van der Waals surface area contributed by atoms with Gasteiger partial charge in [0.15, 0.2) is 0 Å². The van der Waals surface area contributed by atoms with E-state index in [1.807, 2.05) is 31.2 Å². The summed E-state index contributed by atoms with van der Waals surface area (Å²) in [6, 6.07) is 14.3. The fraction of sp³-hybridized carbons (Fsp3) is 0.217. The van der Waals surface area contributed by atoms with Gasteiger partial charge in [0.1, 0.15) is 0 Å². The van der Waals surface area contributed by atoms with Gasteiger partial charge in [0.05, 0.1) is 12.0 Å². The molecule has 0 aliphatic rings. The van der Waals surface area contributed by atoms with E-state index in [0.717, 1.165) is 22.9 Å². The highest BCUT2D eigenvalue weighted by molar-refractivity contribution is 7.92. The molecule has 7 nitrogen and oxygen atoms in total. The van der Waals surface area contributed by atoms with E-state index < -0.39 is 10.0 Å². The van der Waals surface area contributed by atoms with Crippen molar-refractivity contribution in [2.45, 2.75) is 26.2 Å². The minimum atomic E-state index is -3.39. The Hall–Kier alpha value is -3.10. The zero-order chi connectivity index (χ0) is 23.5. The Morgan fingerprint density at radius 2 is 1.81 bits per heavy atom. The van der Waals surface area contributed by atoms with Crippen molar-refractivity contribution in [1.82, 2.24) is 4.98 Å². The fourth-order valence-corrected chi connectivity index (χ4v) is 4.40. The number of nitrogens with zero attached hydrogens (tertiary/aromatic N) is 1. The summed E-state index contributed by atoms with van der Waals surface area (Å²) in [5, 5.41) is 13.9. The largest absolute Gasteiger partial charge is 0.411 e. The van der Waals surface area contributed by atoms with Crippen LogP contribution in [0.15, 0.2) is 64.7 Å². The maximum atomic E-state index is 11.7. The molecule has 3 aromatic rings. The van der Waals surface area contributed by atoms with E-state index >= 15 is 0 Å². The maximum absolute atomic E-state index is 11.7. The number of rotatable bonds is 7. The van der Waals surface area contributed by atoms with E-state index in [1.54, 1.807) is 31.2 Å². The molecule has 32 heavy (non-hydrogen) atoms. The second-order valence-electron chi connectivity index (χ2n) is 7.70. The number of hydrogen-bond acceptors (Lipinski definition) is 5. The number of pyridine rings is 1. The second-order valence-corrected chi connectivity index (χ2v) is 9.89. The molecule has 3 rings (SSSR count). The van der Waals surface area contributed by atoms with Crippen LogP contribution in [0.4, 0.5) is 5.69 Å². The van der Waals surface area contributed by atoms with Crippen LogP contribution in [-0.4, -0.2) is 30.6 Å². The Morgan fingerprint density at radius 3 is 2.38 bits per heavy atom. The van der Waals surface area contributed by atoms with Crippen molar-refractivity contribution in [2.75, 3.05) is 11.0 Å². The topological polar surface area (TPSA) is 112 Å². The monoisotopic (exact) mass is 473 g/mol. The number of aryl methyl sites for hydroxylation is 2. The van der Waals surface area contributed by atoms with Crippen molar-refractivity contribution in [3.63, 3.8) is 0 Å². The molecule has 2 aromatic carbocycles. The van der Waals surface area contributed by atoms with Crippen molar-refractivity contribution in [3.05, 3.63) is 97.9 Å². The number of hydrogen-bond donors (Lipinski definition) is 3. The summed E-state index contributed by atoms with van der Waals surface area (Å²) in [5.41, 5.74) is 4.63. The third-order valence-corrected chi connectivity index (χ3v) is 6.01. The highest BCUT2D eigenvalue weighted by Crippen LogP contribution is 2.33. The fourth-order valence-electron chi connectivity index (χ4n) is 3.61. The van der Waals surface area contributed by atoms with Gasteiger partial charge in [-0.2, -0.15) is 0 Å². The quantitative estimate of drug-likeness (QED) is 0.268. The molecule has 0 fully saturated rings. The van der Waals surface area contributed by atoms with Gasteiger partial charge < -0.3 is 10.2 Å². The first-order chi connectivity index (χ1) is 15.1. The first kappa shape index (κ1) is 23.6. The first-order valence-corrected chi connectivity index (χ1v) is 12.1. The van der Waals surface area contributed by atoms with Crippen LogP contribution in [-0.2, 0) is 10.0 Å². The van der Waals surface area contributed by atoms with E-state index in [9.17, 15) is 18.4 Å². The number of halogens is 1. The van der Waals surface area contributed by atoms with Crippen molar-refractivity contribution in [2.24, 2.45) is 5.16 Å². The number of aromatic amines is 1. The molecule has 0 aliphatic heterocycles. The van der Waals surface area contributed by atoms with Crippen molar-refractivity contribution in [1.29, 1.82) is 0 Å². The average molecular weight is 474 g/mol. The van der Waals surface area contributed by atoms with Crippen LogP contribution in [0, 0.1) is 13.8 Å². The molecule has 0 saturated carbocycles. The normalized spacial score (nSPS) is 13.1. The molecule has 0 bridgehead atoms.